The number of nitrogens with one attached hydrogen (secondary N) is 1. The molecule has 1 saturated heterocycles. The lowest BCUT2D eigenvalue weighted by Gasteiger charge is -2.27. The number of carbonyl (C=O) groups is 1. The van der Waals surface area contributed by atoms with E-state index in [9.17, 15) is 13.6 Å². The number of anilines is 1. The van der Waals surface area contributed by atoms with E-state index in [4.69, 9.17) is 27.9 Å². The van der Waals surface area contributed by atoms with Crippen molar-refractivity contribution < 1.29 is 18.3 Å². The first kappa shape index (κ1) is 21.0. The predicted molar refractivity (Wildman–Crippen MR) is 110 cm³/mol. The molecule has 0 aliphatic carbocycles. The molecule has 1 fully saturated rings. The molecule has 150 valence electrons. The van der Waals surface area contributed by atoms with Gasteiger partial charge < -0.3 is 9.64 Å². The minimum absolute atomic E-state index is 0.0140. The summed E-state index contributed by atoms with van der Waals surface area (Å²) in [6, 6.07) is 6.97. The summed E-state index contributed by atoms with van der Waals surface area (Å²) in [5.41, 5.74) is 0.661. The lowest BCUT2D eigenvalue weighted by Crippen LogP contribution is -2.34. The summed E-state index contributed by atoms with van der Waals surface area (Å²) in [4.78, 5) is 13.9. The summed E-state index contributed by atoms with van der Waals surface area (Å²) in [7, 11) is 0. The summed E-state index contributed by atoms with van der Waals surface area (Å²) >= 11 is 13.1. The molecule has 4 nitrogen and oxygen atoms in total. The standard InChI is InChI=1S/C19H18Cl2F2N2O2S/c1-28-24-19(26)13-8-15(21)18(9-17(13)23)27-10-12-3-2-6-25(12)11-4-5-16(22)14(20)7-11/h4-5,7-9,12H,2-3,6,10H2,1H3,(H,24,26). The Morgan fingerprint density at radius 3 is 2.75 bits per heavy atom. The van der Waals surface area contributed by atoms with Crippen LogP contribution >= 0.6 is 35.1 Å². The summed E-state index contributed by atoms with van der Waals surface area (Å²) in [6.45, 7) is 1.05. The highest BCUT2D eigenvalue weighted by Gasteiger charge is 2.26. The van der Waals surface area contributed by atoms with E-state index in [0.29, 0.717) is 0 Å². The van der Waals surface area contributed by atoms with Crippen molar-refractivity contribution in [3.63, 3.8) is 0 Å². The van der Waals surface area contributed by atoms with Crippen molar-refractivity contribution >= 4 is 46.7 Å². The van der Waals surface area contributed by atoms with E-state index in [1.807, 2.05) is 0 Å². The second kappa shape index (κ2) is 9.20. The first-order chi connectivity index (χ1) is 13.4. The molecule has 28 heavy (non-hydrogen) atoms. The van der Waals surface area contributed by atoms with Crippen molar-refractivity contribution in [1.82, 2.24) is 4.72 Å². The Kier molecular flexibility index (Phi) is 6.91. The van der Waals surface area contributed by atoms with Crippen LogP contribution in [0, 0.1) is 11.6 Å². The molecule has 0 saturated carbocycles. The highest BCUT2D eigenvalue weighted by atomic mass is 35.5. The van der Waals surface area contributed by atoms with Crippen LogP contribution in [-0.4, -0.2) is 31.4 Å². The molecule has 3 rings (SSSR count). The lowest BCUT2D eigenvalue weighted by molar-refractivity contribution is 0.0980. The largest absolute Gasteiger partial charge is 0.490 e. The fourth-order valence-electron chi connectivity index (χ4n) is 3.16. The number of ether oxygens (including phenoxy) is 1. The third-order valence-electron chi connectivity index (χ3n) is 4.50. The average molecular weight is 447 g/mol. The van der Waals surface area contributed by atoms with Crippen LogP contribution in [0.15, 0.2) is 30.3 Å². The first-order valence-electron chi connectivity index (χ1n) is 8.57. The topological polar surface area (TPSA) is 41.6 Å². The van der Waals surface area contributed by atoms with Crippen molar-refractivity contribution in [3.05, 3.63) is 57.6 Å². The summed E-state index contributed by atoms with van der Waals surface area (Å²) < 4.78 is 35.9. The normalized spacial score (nSPS) is 16.3. The van der Waals surface area contributed by atoms with Crippen LogP contribution in [0.3, 0.4) is 0 Å². The molecular formula is C19H18Cl2F2N2O2S. The molecule has 0 bridgehead atoms. The van der Waals surface area contributed by atoms with E-state index in [2.05, 4.69) is 9.62 Å². The van der Waals surface area contributed by atoms with Gasteiger partial charge in [0.25, 0.3) is 5.91 Å². The predicted octanol–water partition coefficient (Wildman–Crippen LogP) is 5.33. The third kappa shape index (κ3) is 4.64. The van der Waals surface area contributed by atoms with Crippen molar-refractivity contribution in [2.45, 2.75) is 18.9 Å². The zero-order valence-corrected chi connectivity index (χ0v) is 17.3. The van der Waals surface area contributed by atoms with Crippen LogP contribution in [0.5, 0.6) is 5.75 Å². The Morgan fingerprint density at radius 1 is 1.25 bits per heavy atom. The Bertz CT molecular complexity index is 885. The van der Waals surface area contributed by atoms with Crippen molar-refractivity contribution in [1.29, 1.82) is 0 Å². The number of hydrogen-bond donors (Lipinski definition) is 1. The van der Waals surface area contributed by atoms with Crippen LogP contribution in [0.4, 0.5) is 14.5 Å². The molecule has 0 spiro atoms. The maximum absolute atomic E-state index is 14.3. The summed E-state index contributed by atoms with van der Waals surface area (Å²) in [6.07, 6.45) is 3.47. The number of benzene rings is 2. The Labute approximate surface area is 176 Å². The van der Waals surface area contributed by atoms with E-state index < -0.39 is 17.5 Å². The fraction of sp³-hybridized carbons (Fsp3) is 0.316. The van der Waals surface area contributed by atoms with Crippen LogP contribution in [0.1, 0.15) is 23.2 Å². The summed E-state index contributed by atoms with van der Waals surface area (Å²) in [5.74, 6) is -1.57. The molecule has 2 aromatic rings. The van der Waals surface area contributed by atoms with E-state index in [1.54, 1.807) is 18.4 Å². The molecule has 1 aliphatic heterocycles. The maximum Gasteiger partial charge on any atom is 0.264 e. The quantitative estimate of drug-likeness (QED) is 0.609. The third-order valence-corrected chi connectivity index (χ3v) is 5.48. The van der Waals surface area contributed by atoms with Gasteiger partial charge in [-0.2, -0.15) is 0 Å². The number of rotatable bonds is 6. The Hall–Kier alpha value is -1.70. The second-order valence-electron chi connectivity index (χ2n) is 6.30. The molecule has 1 unspecified atom stereocenters. The van der Waals surface area contributed by atoms with E-state index in [-0.39, 0.29) is 34.0 Å². The molecule has 1 aliphatic rings. The minimum atomic E-state index is -0.709. The van der Waals surface area contributed by atoms with Gasteiger partial charge in [0, 0.05) is 24.6 Å². The van der Waals surface area contributed by atoms with Gasteiger partial charge in [-0.1, -0.05) is 35.1 Å². The van der Waals surface area contributed by atoms with E-state index in [1.165, 1.54) is 12.1 Å². The van der Waals surface area contributed by atoms with Gasteiger partial charge in [0.05, 0.1) is 21.7 Å². The van der Waals surface area contributed by atoms with Gasteiger partial charge in [0.15, 0.2) is 0 Å². The van der Waals surface area contributed by atoms with Crippen molar-refractivity contribution in [3.8, 4) is 5.75 Å². The minimum Gasteiger partial charge on any atom is -0.490 e. The smallest absolute Gasteiger partial charge is 0.264 e. The molecule has 1 atom stereocenters. The fourth-order valence-corrected chi connectivity index (χ4v) is 3.85. The molecule has 2 aromatic carbocycles. The van der Waals surface area contributed by atoms with Crippen LogP contribution in [0.2, 0.25) is 10.0 Å². The zero-order valence-electron chi connectivity index (χ0n) is 15.0. The maximum atomic E-state index is 14.3. The Balaban J connectivity index is 1.71. The number of amides is 1. The van der Waals surface area contributed by atoms with Gasteiger partial charge in [-0.25, -0.2) is 8.78 Å². The molecule has 0 aromatic heterocycles. The van der Waals surface area contributed by atoms with E-state index >= 15 is 0 Å². The highest BCUT2D eigenvalue weighted by Crippen LogP contribution is 2.32. The van der Waals surface area contributed by atoms with Crippen LogP contribution < -0.4 is 14.4 Å². The number of hydrogen-bond acceptors (Lipinski definition) is 4. The zero-order chi connectivity index (χ0) is 20.3. The monoisotopic (exact) mass is 446 g/mol. The lowest BCUT2D eigenvalue weighted by atomic mass is 10.2. The number of carbonyl (C=O) groups excluding carboxylic acids is 1. The number of nitrogens with zero attached hydrogens (tertiary/aromatic N) is 1. The molecule has 1 amide bonds. The summed E-state index contributed by atoms with van der Waals surface area (Å²) in [5, 5.41) is 0.218. The SMILES string of the molecule is CSNC(=O)c1cc(Cl)c(OCC2CCCN2c2ccc(F)c(Cl)c2)cc1F. The highest BCUT2D eigenvalue weighted by molar-refractivity contribution is 7.97. The van der Waals surface area contributed by atoms with Gasteiger partial charge in [-0.15, -0.1) is 0 Å². The average Bonchev–Trinajstić information content (AvgIpc) is 3.13. The van der Waals surface area contributed by atoms with Crippen molar-refractivity contribution in [2.75, 3.05) is 24.3 Å². The van der Waals surface area contributed by atoms with E-state index in [0.717, 1.165) is 43.1 Å². The van der Waals surface area contributed by atoms with Gasteiger partial charge in [-0.3, -0.25) is 9.52 Å². The molecule has 1 N–H and O–H groups in total. The molecule has 0 radical (unpaired) electrons. The number of halogens is 4. The van der Waals surface area contributed by atoms with Gasteiger partial charge in [0.2, 0.25) is 0 Å². The molecule has 9 heteroatoms. The Morgan fingerprint density at radius 2 is 2.04 bits per heavy atom. The molecule has 1 heterocycles. The molecular weight excluding hydrogens is 429 g/mol. The van der Waals surface area contributed by atoms with Gasteiger partial charge in [0.1, 0.15) is 24.0 Å². The van der Waals surface area contributed by atoms with Crippen molar-refractivity contribution in [2.24, 2.45) is 0 Å². The van der Waals surface area contributed by atoms with Crippen LogP contribution in [-0.2, 0) is 0 Å². The van der Waals surface area contributed by atoms with Crippen LogP contribution in [0.25, 0.3) is 0 Å². The van der Waals surface area contributed by atoms with Gasteiger partial charge in [-0.05, 0) is 37.1 Å². The van der Waals surface area contributed by atoms with Gasteiger partial charge >= 0.3 is 0 Å². The second-order valence-corrected chi connectivity index (χ2v) is 7.72. The first-order valence-corrected chi connectivity index (χ1v) is 10.6.